The number of carbonyl (C=O) groups is 1. The highest BCUT2D eigenvalue weighted by Gasteiger charge is 2.19. The van der Waals surface area contributed by atoms with E-state index in [9.17, 15) is 4.79 Å². The molecule has 1 aliphatic heterocycles. The predicted molar refractivity (Wildman–Crippen MR) is 151 cm³/mol. The minimum atomic E-state index is -0.344. The molecule has 200 valence electrons. The predicted octanol–water partition coefficient (Wildman–Crippen LogP) is 4.73. The van der Waals surface area contributed by atoms with E-state index < -0.39 is 0 Å². The van der Waals surface area contributed by atoms with Gasteiger partial charge < -0.3 is 20.1 Å². The lowest BCUT2D eigenvalue weighted by Crippen LogP contribution is -2.36. The van der Waals surface area contributed by atoms with Gasteiger partial charge in [0.2, 0.25) is 11.9 Å². The topological polar surface area (TPSA) is 106 Å². The van der Waals surface area contributed by atoms with Gasteiger partial charge in [-0.2, -0.15) is 10.1 Å². The van der Waals surface area contributed by atoms with Crippen LogP contribution in [0.2, 0.25) is 0 Å². The number of likely N-dealkylation sites (tertiary alicyclic amines) is 1. The molecule has 0 aliphatic carbocycles. The molecule has 2 aromatic carbocycles. The van der Waals surface area contributed by atoms with Crippen LogP contribution in [0.25, 0.3) is 16.9 Å². The number of aryl methyl sites for hydroxylation is 1. The molecular weight excluding hydrogens is 494 g/mol. The second kappa shape index (κ2) is 11.4. The SMILES string of the molecule is C=CC(=O)Nc1cc(Nc2nccc(-n3cc(CN4CCC4)c(C)n3)n2)c(OC)cc1-c1ccccc1OC. The van der Waals surface area contributed by atoms with Crippen LogP contribution in [0.4, 0.5) is 17.3 Å². The second-order valence-electron chi connectivity index (χ2n) is 9.17. The van der Waals surface area contributed by atoms with Crippen LogP contribution in [0.5, 0.6) is 11.5 Å². The van der Waals surface area contributed by atoms with E-state index in [1.54, 1.807) is 31.2 Å². The molecular formula is C29H31N7O3. The number of nitrogens with one attached hydrogen (secondary N) is 2. The molecule has 1 fully saturated rings. The van der Waals surface area contributed by atoms with Crippen molar-refractivity contribution in [2.45, 2.75) is 19.9 Å². The molecule has 1 aliphatic rings. The molecule has 0 spiro atoms. The summed E-state index contributed by atoms with van der Waals surface area (Å²) < 4.78 is 13.0. The highest BCUT2D eigenvalue weighted by atomic mass is 16.5. The Hall–Kier alpha value is -4.70. The Morgan fingerprint density at radius 1 is 1.08 bits per heavy atom. The molecule has 0 radical (unpaired) electrons. The quantitative estimate of drug-likeness (QED) is 0.286. The number of para-hydroxylation sites is 1. The number of hydrogen-bond acceptors (Lipinski definition) is 8. The van der Waals surface area contributed by atoms with Gasteiger partial charge in [-0.05, 0) is 50.7 Å². The summed E-state index contributed by atoms with van der Waals surface area (Å²) in [5, 5.41) is 10.8. The van der Waals surface area contributed by atoms with Gasteiger partial charge >= 0.3 is 0 Å². The fraction of sp³-hybridized carbons (Fsp3) is 0.241. The first-order valence-corrected chi connectivity index (χ1v) is 12.7. The standard InChI is InChI=1S/C29H31N7O3/c1-5-28(37)31-23-16-24(26(39-4)15-22(23)21-9-6-7-10-25(21)38-3)32-29-30-12-11-27(33-29)36-18-20(19(2)34-36)17-35-13-8-14-35/h5-7,9-12,15-16,18H,1,8,13-14,17H2,2-4H3,(H,31,37)(H,30,32,33). The van der Waals surface area contributed by atoms with E-state index in [1.807, 2.05) is 49.5 Å². The van der Waals surface area contributed by atoms with Gasteiger partial charge in [-0.15, -0.1) is 0 Å². The van der Waals surface area contributed by atoms with Gasteiger partial charge in [-0.25, -0.2) is 9.67 Å². The van der Waals surface area contributed by atoms with Crippen molar-refractivity contribution in [1.29, 1.82) is 0 Å². The van der Waals surface area contributed by atoms with Gasteiger partial charge in [0.05, 0.1) is 31.3 Å². The summed E-state index contributed by atoms with van der Waals surface area (Å²) in [6, 6.07) is 13.0. The van der Waals surface area contributed by atoms with Gasteiger partial charge in [0.25, 0.3) is 0 Å². The number of benzene rings is 2. The van der Waals surface area contributed by atoms with Crippen LogP contribution in [-0.2, 0) is 11.3 Å². The van der Waals surface area contributed by atoms with E-state index in [-0.39, 0.29) is 5.91 Å². The normalized spacial score (nSPS) is 12.9. The van der Waals surface area contributed by atoms with Crippen molar-refractivity contribution in [3.8, 4) is 28.4 Å². The van der Waals surface area contributed by atoms with Gasteiger partial charge in [0.1, 0.15) is 11.5 Å². The smallest absolute Gasteiger partial charge is 0.247 e. The monoisotopic (exact) mass is 525 g/mol. The maximum absolute atomic E-state index is 12.3. The van der Waals surface area contributed by atoms with Crippen LogP contribution < -0.4 is 20.1 Å². The number of nitrogens with zero attached hydrogens (tertiary/aromatic N) is 5. The lowest BCUT2D eigenvalue weighted by atomic mass is 10.0. The van der Waals surface area contributed by atoms with Crippen molar-refractivity contribution in [2.75, 3.05) is 37.9 Å². The zero-order valence-corrected chi connectivity index (χ0v) is 22.3. The Kier molecular flexibility index (Phi) is 7.55. The summed E-state index contributed by atoms with van der Waals surface area (Å²) in [7, 11) is 3.19. The highest BCUT2D eigenvalue weighted by molar-refractivity contribution is 6.03. The van der Waals surface area contributed by atoms with Crippen LogP contribution in [0.15, 0.2) is 67.5 Å². The molecule has 1 saturated heterocycles. The molecule has 1 amide bonds. The molecule has 2 N–H and O–H groups in total. The van der Waals surface area contributed by atoms with E-state index >= 15 is 0 Å². The number of methoxy groups -OCH3 is 2. The molecule has 39 heavy (non-hydrogen) atoms. The van der Waals surface area contributed by atoms with Crippen molar-refractivity contribution in [3.05, 3.63) is 78.8 Å². The largest absolute Gasteiger partial charge is 0.496 e. The molecule has 0 bridgehead atoms. The van der Waals surface area contributed by atoms with Gasteiger partial charge in [0, 0.05) is 41.7 Å². The summed E-state index contributed by atoms with van der Waals surface area (Å²) >= 11 is 0. The first-order chi connectivity index (χ1) is 19.0. The Labute approximate surface area is 227 Å². The van der Waals surface area contributed by atoms with E-state index in [2.05, 4.69) is 37.2 Å². The third-order valence-corrected chi connectivity index (χ3v) is 6.65. The second-order valence-corrected chi connectivity index (χ2v) is 9.17. The number of aromatic nitrogens is 4. The van der Waals surface area contributed by atoms with E-state index in [1.165, 1.54) is 18.1 Å². The molecule has 0 unspecified atom stereocenters. The molecule has 0 saturated carbocycles. The summed E-state index contributed by atoms with van der Waals surface area (Å²) in [5.41, 5.74) is 4.79. The summed E-state index contributed by atoms with van der Waals surface area (Å²) in [6.07, 6.45) is 6.16. The maximum Gasteiger partial charge on any atom is 0.247 e. The average Bonchev–Trinajstić information content (AvgIpc) is 3.31. The van der Waals surface area contributed by atoms with Crippen LogP contribution in [-0.4, -0.2) is 57.9 Å². The number of amides is 1. The van der Waals surface area contributed by atoms with E-state index in [0.717, 1.165) is 36.5 Å². The van der Waals surface area contributed by atoms with Crippen molar-refractivity contribution in [2.24, 2.45) is 0 Å². The average molecular weight is 526 g/mol. The number of hydrogen-bond donors (Lipinski definition) is 2. The van der Waals surface area contributed by atoms with Crippen molar-refractivity contribution >= 4 is 23.2 Å². The molecule has 2 aromatic heterocycles. The van der Waals surface area contributed by atoms with Gasteiger partial charge in [-0.3, -0.25) is 9.69 Å². The summed E-state index contributed by atoms with van der Waals surface area (Å²) in [4.78, 5) is 23.8. The zero-order chi connectivity index (χ0) is 27.4. The third kappa shape index (κ3) is 5.60. The Morgan fingerprint density at radius 3 is 2.59 bits per heavy atom. The lowest BCUT2D eigenvalue weighted by Gasteiger charge is -2.30. The summed E-state index contributed by atoms with van der Waals surface area (Å²) in [6.45, 7) is 8.73. The number of anilines is 3. The van der Waals surface area contributed by atoms with E-state index in [4.69, 9.17) is 9.47 Å². The minimum absolute atomic E-state index is 0.344. The number of carbonyl (C=O) groups excluding carboxylic acids is 1. The third-order valence-electron chi connectivity index (χ3n) is 6.65. The number of rotatable bonds is 10. The van der Waals surface area contributed by atoms with Crippen molar-refractivity contribution < 1.29 is 14.3 Å². The van der Waals surface area contributed by atoms with Crippen LogP contribution >= 0.6 is 0 Å². The molecule has 5 rings (SSSR count). The van der Waals surface area contributed by atoms with Crippen LogP contribution in [0, 0.1) is 6.92 Å². The molecule has 3 heterocycles. The Bertz CT molecular complexity index is 1510. The van der Waals surface area contributed by atoms with E-state index in [0.29, 0.717) is 34.6 Å². The maximum atomic E-state index is 12.3. The van der Waals surface area contributed by atoms with Crippen molar-refractivity contribution in [1.82, 2.24) is 24.6 Å². The Morgan fingerprint density at radius 2 is 1.87 bits per heavy atom. The van der Waals surface area contributed by atoms with Crippen LogP contribution in [0.3, 0.4) is 0 Å². The molecule has 10 nitrogen and oxygen atoms in total. The number of ether oxygens (including phenoxy) is 2. The zero-order valence-electron chi connectivity index (χ0n) is 22.3. The lowest BCUT2D eigenvalue weighted by molar-refractivity contribution is -0.111. The van der Waals surface area contributed by atoms with Crippen LogP contribution in [0.1, 0.15) is 17.7 Å². The van der Waals surface area contributed by atoms with Crippen molar-refractivity contribution in [3.63, 3.8) is 0 Å². The van der Waals surface area contributed by atoms with Gasteiger partial charge in [-0.1, -0.05) is 24.8 Å². The summed E-state index contributed by atoms with van der Waals surface area (Å²) in [5.74, 6) is 1.84. The molecule has 4 aromatic rings. The fourth-order valence-electron chi connectivity index (χ4n) is 4.43. The molecule has 10 heteroatoms. The minimum Gasteiger partial charge on any atom is -0.496 e. The Balaban J connectivity index is 1.49. The van der Waals surface area contributed by atoms with Gasteiger partial charge in [0.15, 0.2) is 5.82 Å². The first kappa shape index (κ1) is 25.9. The highest BCUT2D eigenvalue weighted by Crippen LogP contribution is 2.41. The molecule has 0 atom stereocenters. The fourth-order valence-corrected chi connectivity index (χ4v) is 4.43. The first-order valence-electron chi connectivity index (χ1n) is 12.7.